The van der Waals surface area contributed by atoms with E-state index in [0.29, 0.717) is 42.6 Å². The van der Waals surface area contributed by atoms with Crippen LogP contribution >= 0.6 is 0 Å². The van der Waals surface area contributed by atoms with Gasteiger partial charge >= 0.3 is 5.97 Å². The SMILES string of the molecule is O=C(OCCCCN1C(=O)c2ccccc2C1=O)c1cnn(Cc2ccccc2)c1. The van der Waals surface area contributed by atoms with E-state index in [-0.39, 0.29) is 18.4 Å². The summed E-state index contributed by atoms with van der Waals surface area (Å²) < 4.78 is 6.98. The number of fused-ring (bicyclic) bond motifs is 1. The Hall–Kier alpha value is -3.74. The number of nitrogens with zero attached hydrogens (tertiary/aromatic N) is 3. The van der Waals surface area contributed by atoms with Gasteiger partial charge in [-0.1, -0.05) is 42.5 Å². The Balaban J connectivity index is 1.21. The molecule has 0 saturated heterocycles. The Bertz CT molecular complexity index is 1040. The standard InChI is InChI=1S/C23H21N3O4/c27-21-19-10-4-5-11-20(19)22(28)26(21)12-6-7-13-30-23(29)18-14-24-25(16-18)15-17-8-2-1-3-9-17/h1-5,8-11,14,16H,6-7,12-13,15H2. The normalized spacial score (nSPS) is 12.9. The molecule has 2 heterocycles. The van der Waals surface area contributed by atoms with E-state index in [2.05, 4.69) is 5.10 Å². The van der Waals surface area contributed by atoms with Gasteiger partial charge in [-0.05, 0) is 30.5 Å². The second-order valence-corrected chi connectivity index (χ2v) is 7.06. The summed E-state index contributed by atoms with van der Waals surface area (Å²) in [5.41, 5.74) is 2.38. The maximum Gasteiger partial charge on any atom is 0.341 e. The molecule has 7 heteroatoms. The molecule has 0 unspecified atom stereocenters. The van der Waals surface area contributed by atoms with E-state index >= 15 is 0 Å². The Morgan fingerprint density at radius 2 is 1.57 bits per heavy atom. The molecule has 1 aliphatic heterocycles. The average Bonchev–Trinajstić information content (AvgIpc) is 3.33. The number of rotatable bonds is 8. The number of aromatic nitrogens is 2. The van der Waals surface area contributed by atoms with Gasteiger partial charge in [0.05, 0.1) is 36.0 Å². The van der Waals surface area contributed by atoms with Gasteiger partial charge in [-0.3, -0.25) is 19.2 Å². The van der Waals surface area contributed by atoms with Gasteiger partial charge in [0.25, 0.3) is 11.8 Å². The first-order chi connectivity index (χ1) is 14.6. The van der Waals surface area contributed by atoms with Crippen molar-refractivity contribution in [3.05, 3.63) is 89.2 Å². The largest absolute Gasteiger partial charge is 0.462 e. The van der Waals surface area contributed by atoms with E-state index in [0.717, 1.165) is 5.56 Å². The van der Waals surface area contributed by atoms with Crippen molar-refractivity contribution in [2.24, 2.45) is 0 Å². The third kappa shape index (κ3) is 4.15. The van der Waals surface area contributed by atoms with E-state index < -0.39 is 5.97 Å². The lowest BCUT2D eigenvalue weighted by Crippen LogP contribution is -2.30. The molecule has 2 aromatic carbocycles. The lowest BCUT2D eigenvalue weighted by molar-refractivity contribution is 0.0485. The quantitative estimate of drug-likeness (QED) is 0.328. The first-order valence-electron chi connectivity index (χ1n) is 9.82. The lowest BCUT2D eigenvalue weighted by atomic mass is 10.1. The van der Waals surface area contributed by atoms with Crippen LogP contribution in [-0.4, -0.2) is 45.6 Å². The number of carbonyl (C=O) groups excluding carboxylic acids is 3. The molecule has 2 amide bonds. The number of imide groups is 1. The maximum absolute atomic E-state index is 12.3. The second-order valence-electron chi connectivity index (χ2n) is 7.06. The summed E-state index contributed by atoms with van der Waals surface area (Å²) in [4.78, 5) is 38.1. The van der Waals surface area contributed by atoms with Crippen molar-refractivity contribution >= 4 is 17.8 Å². The number of benzene rings is 2. The Morgan fingerprint density at radius 3 is 2.27 bits per heavy atom. The fourth-order valence-corrected chi connectivity index (χ4v) is 3.39. The molecule has 0 N–H and O–H groups in total. The first kappa shape index (κ1) is 19.6. The fourth-order valence-electron chi connectivity index (χ4n) is 3.39. The van der Waals surface area contributed by atoms with Crippen molar-refractivity contribution in [3.63, 3.8) is 0 Å². The molecule has 0 bridgehead atoms. The predicted octanol–water partition coefficient (Wildman–Crippen LogP) is 3.16. The molecule has 0 atom stereocenters. The van der Waals surface area contributed by atoms with Crippen LogP contribution in [0.4, 0.5) is 0 Å². The van der Waals surface area contributed by atoms with Crippen LogP contribution in [0.1, 0.15) is 49.5 Å². The van der Waals surface area contributed by atoms with Crippen molar-refractivity contribution in [1.82, 2.24) is 14.7 Å². The zero-order chi connectivity index (χ0) is 20.9. The Morgan fingerprint density at radius 1 is 0.900 bits per heavy atom. The molecule has 0 radical (unpaired) electrons. The summed E-state index contributed by atoms with van der Waals surface area (Å²) in [7, 11) is 0. The van der Waals surface area contributed by atoms with Gasteiger partial charge in [0.15, 0.2) is 0 Å². The number of esters is 1. The molecule has 7 nitrogen and oxygen atoms in total. The molecule has 0 fully saturated rings. The summed E-state index contributed by atoms with van der Waals surface area (Å²) in [5.74, 6) is -0.966. The minimum atomic E-state index is -0.435. The number of carbonyl (C=O) groups is 3. The number of amides is 2. The molecular formula is C23H21N3O4. The highest BCUT2D eigenvalue weighted by Gasteiger charge is 2.34. The van der Waals surface area contributed by atoms with Crippen LogP contribution in [0.25, 0.3) is 0 Å². The van der Waals surface area contributed by atoms with E-state index in [9.17, 15) is 14.4 Å². The third-order valence-electron chi connectivity index (χ3n) is 4.94. The van der Waals surface area contributed by atoms with Crippen molar-refractivity contribution in [2.45, 2.75) is 19.4 Å². The molecule has 0 spiro atoms. The minimum absolute atomic E-state index is 0.214. The predicted molar refractivity (Wildman–Crippen MR) is 109 cm³/mol. The van der Waals surface area contributed by atoms with Crippen molar-refractivity contribution < 1.29 is 19.1 Å². The van der Waals surface area contributed by atoms with Gasteiger partial charge in [-0.15, -0.1) is 0 Å². The van der Waals surface area contributed by atoms with Gasteiger partial charge < -0.3 is 4.74 Å². The molecule has 4 rings (SSSR count). The topological polar surface area (TPSA) is 81.5 Å². The molecule has 0 saturated carbocycles. The van der Waals surface area contributed by atoms with Crippen molar-refractivity contribution in [3.8, 4) is 0 Å². The first-order valence-corrected chi connectivity index (χ1v) is 9.82. The Kier molecular flexibility index (Phi) is 5.70. The van der Waals surface area contributed by atoms with Crippen LogP contribution in [0.15, 0.2) is 67.0 Å². The molecule has 152 valence electrons. The number of hydrogen-bond acceptors (Lipinski definition) is 5. The van der Waals surface area contributed by atoms with Crippen LogP contribution < -0.4 is 0 Å². The minimum Gasteiger partial charge on any atom is -0.462 e. The number of hydrogen-bond donors (Lipinski definition) is 0. The monoisotopic (exact) mass is 403 g/mol. The van der Waals surface area contributed by atoms with Crippen LogP contribution in [0.3, 0.4) is 0 Å². The Labute approximate surface area is 173 Å². The van der Waals surface area contributed by atoms with Gasteiger partial charge in [-0.25, -0.2) is 4.79 Å². The van der Waals surface area contributed by atoms with Crippen LogP contribution in [0, 0.1) is 0 Å². The van der Waals surface area contributed by atoms with E-state index in [1.807, 2.05) is 30.3 Å². The van der Waals surface area contributed by atoms with Crippen LogP contribution in [-0.2, 0) is 11.3 Å². The highest BCUT2D eigenvalue weighted by Crippen LogP contribution is 2.22. The molecule has 1 aliphatic rings. The summed E-state index contributed by atoms with van der Waals surface area (Å²) in [6.07, 6.45) is 4.27. The molecular weight excluding hydrogens is 382 g/mol. The molecule has 30 heavy (non-hydrogen) atoms. The van der Waals surface area contributed by atoms with Crippen molar-refractivity contribution in [2.75, 3.05) is 13.2 Å². The zero-order valence-corrected chi connectivity index (χ0v) is 16.4. The zero-order valence-electron chi connectivity index (χ0n) is 16.4. The van der Waals surface area contributed by atoms with Gasteiger partial charge in [0.1, 0.15) is 0 Å². The van der Waals surface area contributed by atoms with Crippen molar-refractivity contribution in [1.29, 1.82) is 0 Å². The highest BCUT2D eigenvalue weighted by molar-refractivity contribution is 6.21. The summed E-state index contributed by atoms with van der Waals surface area (Å²) in [5, 5.41) is 4.20. The molecule has 3 aromatic rings. The average molecular weight is 403 g/mol. The maximum atomic E-state index is 12.3. The van der Waals surface area contributed by atoms with Gasteiger partial charge in [0, 0.05) is 12.7 Å². The summed E-state index contributed by atoms with van der Waals surface area (Å²) >= 11 is 0. The van der Waals surface area contributed by atoms with E-state index in [1.165, 1.54) is 11.1 Å². The molecule has 0 aliphatic carbocycles. The number of unbranched alkanes of at least 4 members (excludes halogenated alkanes) is 1. The van der Waals surface area contributed by atoms with E-state index in [1.54, 1.807) is 35.1 Å². The fraction of sp³-hybridized carbons (Fsp3) is 0.217. The number of ether oxygens (including phenoxy) is 1. The summed E-state index contributed by atoms with van der Waals surface area (Å²) in [6, 6.07) is 16.7. The van der Waals surface area contributed by atoms with Crippen LogP contribution in [0.2, 0.25) is 0 Å². The van der Waals surface area contributed by atoms with Gasteiger partial charge in [-0.2, -0.15) is 5.10 Å². The smallest absolute Gasteiger partial charge is 0.341 e. The third-order valence-corrected chi connectivity index (χ3v) is 4.94. The lowest BCUT2D eigenvalue weighted by Gasteiger charge is -2.13. The highest BCUT2D eigenvalue weighted by atomic mass is 16.5. The van der Waals surface area contributed by atoms with Crippen LogP contribution in [0.5, 0.6) is 0 Å². The van der Waals surface area contributed by atoms with Gasteiger partial charge in [0.2, 0.25) is 0 Å². The second kappa shape index (κ2) is 8.73. The summed E-state index contributed by atoms with van der Waals surface area (Å²) in [6.45, 7) is 1.10. The van der Waals surface area contributed by atoms with E-state index in [4.69, 9.17) is 4.74 Å². The molecule has 1 aromatic heterocycles.